The number of halogens is 2. The Labute approximate surface area is 268 Å². The number of carbonyl (C=O) groups is 3. The van der Waals surface area contributed by atoms with E-state index in [1.54, 1.807) is 12.1 Å². The van der Waals surface area contributed by atoms with Gasteiger partial charge in [-0.05, 0) is 88.3 Å². The van der Waals surface area contributed by atoms with Crippen molar-refractivity contribution in [2.24, 2.45) is 10.8 Å². The van der Waals surface area contributed by atoms with Gasteiger partial charge in [0.1, 0.15) is 5.75 Å². The van der Waals surface area contributed by atoms with E-state index in [9.17, 15) is 14.4 Å². The lowest BCUT2D eigenvalue weighted by Crippen LogP contribution is -2.44. The van der Waals surface area contributed by atoms with E-state index < -0.39 is 5.92 Å². The molecule has 3 aliphatic rings. The van der Waals surface area contributed by atoms with E-state index in [-0.39, 0.29) is 34.9 Å². The highest BCUT2D eigenvalue weighted by Gasteiger charge is 2.48. The largest absolute Gasteiger partial charge is 0.483 e. The SMILES string of the molecule is CCCN1C2=C(C(=O)CC(C)(C)C2)C(c2ccc(OCC(=O)Nc3ccc(C)c(Cl)c3)c(Br)c2)C2=C1CC(C)(C)CC2=O. The predicted octanol–water partition coefficient (Wildman–Crippen LogP) is 8.52. The van der Waals surface area contributed by atoms with Gasteiger partial charge < -0.3 is 15.0 Å². The molecule has 1 aliphatic heterocycles. The molecule has 1 N–H and O–H groups in total. The zero-order valence-corrected chi connectivity index (χ0v) is 28.2. The Morgan fingerprint density at radius 2 is 1.58 bits per heavy atom. The highest BCUT2D eigenvalue weighted by Crippen LogP contribution is 2.54. The summed E-state index contributed by atoms with van der Waals surface area (Å²) in [6.07, 6.45) is 3.41. The summed E-state index contributed by atoms with van der Waals surface area (Å²) in [6, 6.07) is 11.0. The molecule has 0 radical (unpaired) electrons. The lowest BCUT2D eigenvalue weighted by molar-refractivity contribution is -0.120. The minimum absolute atomic E-state index is 0.117. The fraction of sp³-hybridized carbons (Fsp3) is 0.457. The van der Waals surface area contributed by atoms with Crippen LogP contribution in [0, 0.1) is 17.8 Å². The Morgan fingerprint density at radius 1 is 0.977 bits per heavy atom. The molecule has 228 valence electrons. The summed E-state index contributed by atoms with van der Waals surface area (Å²) in [6.45, 7) is 13.2. The predicted molar refractivity (Wildman–Crippen MR) is 174 cm³/mol. The summed E-state index contributed by atoms with van der Waals surface area (Å²) in [4.78, 5) is 42.7. The minimum Gasteiger partial charge on any atom is -0.483 e. The van der Waals surface area contributed by atoms with Crippen LogP contribution >= 0.6 is 27.5 Å². The number of benzene rings is 2. The Morgan fingerprint density at radius 3 is 2.12 bits per heavy atom. The highest BCUT2D eigenvalue weighted by molar-refractivity contribution is 9.10. The first-order chi connectivity index (χ1) is 20.2. The first-order valence-corrected chi connectivity index (χ1v) is 16.1. The number of aryl methyl sites for hydroxylation is 1. The molecule has 1 heterocycles. The summed E-state index contributed by atoms with van der Waals surface area (Å²) >= 11 is 9.83. The average Bonchev–Trinajstić information content (AvgIpc) is 2.89. The summed E-state index contributed by atoms with van der Waals surface area (Å²) in [5.41, 5.74) is 5.76. The van der Waals surface area contributed by atoms with Crippen LogP contribution in [0.25, 0.3) is 0 Å². The standard InChI is InChI=1S/C35H40BrClN2O4/c1-7-12-39-25-15-34(3,4)17-27(40)32(25)31(33-26(39)16-35(5,6)18-28(33)41)21-9-11-29(23(36)13-21)43-19-30(42)38-22-10-8-20(2)24(37)14-22/h8-11,13-14,31H,7,12,15-19H2,1-6H3,(H,38,42). The fourth-order valence-electron chi connectivity index (χ4n) is 6.70. The van der Waals surface area contributed by atoms with Crippen molar-refractivity contribution in [2.75, 3.05) is 18.5 Å². The van der Waals surface area contributed by atoms with E-state index >= 15 is 0 Å². The number of anilines is 1. The van der Waals surface area contributed by atoms with Gasteiger partial charge in [-0.2, -0.15) is 0 Å². The second-order valence-electron chi connectivity index (χ2n) is 13.7. The number of hydrogen-bond donors (Lipinski definition) is 1. The molecule has 6 nitrogen and oxygen atoms in total. The van der Waals surface area contributed by atoms with Crippen LogP contribution in [0.3, 0.4) is 0 Å². The van der Waals surface area contributed by atoms with Crippen LogP contribution in [0.1, 0.15) is 83.8 Å². The number of ketones is 2. The van der Waals surface area contributed by atoms with Gasteiger partial charge in [-0.25, -0.2) is 0 Å². The second-order valence-corrected chi connectivity index (χ2v) is 14.9. The van der Waals surface area contributed by atoms with Crippen molar-refractivity contribution in [1.29, 1.82) is 0 Å². The lowest BCUT2D eigenvalue weighted by atomic mass is 9.63. The van der Waals surface area contributed by atoms with Gasteiger partial charge in [0.15, 0.2) is 18.2 Å². The molecule has 0 saturated heterocycles. The van der Waals surface area contributed by atoms with E-state index in [1.807, 2.05) is 31.2 Å². The van der Waals surface area contributed by atoms with Crippen LogP contribution in [0.15, 0.2) is 63.4 Å². The molecule has 0 fully saturated rings. The van der Waals surface area contributed by atoms with Crippen molar-refractivity contribution in [1.82, 2.24) is 4.90 Å². The third kappa shape index (κ3) is 6.48. The Kier molecular flexibility index (Phi) is 8.71. The Bertz CT molecular complexity index is 1520. The third-order valence-corrected chi connectivity index (χ3v) is 9.60. The highest BCUT2D eigenvalue weighted by atomic mass is 79.9. The Hall–Kier alpha value is -2.90. The number of nitrogens with zero attached hydrogens (tertiary/aromatic N) is 1. The molecule has 5 rings (SSSR count). The first-order valence-electron chi connectivity index (χ1n) is 15.0. The van der Waals surface area contributed by atoms with Gasteiger partial charge in [0.05, 0.1) is 4.47 Å². The van der Waals surface area contributed by atoms with Crippen molar-refractivity contribution in [3.63, 3.8) is 0 Å². The maximum atomic E-state index is 13.9. The van der Waals surface area contributed by atoms with Gasteiger partial charge in [0, 0.05) is 58.6 Å². The third-order valence-electron chi connectivity index (χ3n) is 8.57. The molecular weight excluding hydrogens is 628 g/mol. The van der Waals surface area contributed by atoms with E-state index in [2.05, 4.69) is 60.8 Å². The molecular formula is C35H40BrClN2O4. The summed E-state index contributed by atoms with van der Waals surface area (Å²) in [5.74, 6) is -0.00327. The number of carbonyl (C=O) groups excluding carboxylic acids is 3. The van der Waals surface area contributed by atoms with Crippen molar-refractivity contribution in [3.8, 4) is 5.75 Å². The van der Waals surface area contributed by atoms with Gasteiger partial charge >= 0.3 is 0 Å². The molecule has 2 aromatic carbocycles. The van der Waals surface area contributed by atoms with E-state index in [4.69, 9.17) is 16.3 Å². The van der Waals surface area contributed by atoms with Crippen LogP contribution in [0.4, 0.5) is 5.69 Å². The fourth-order valence-corrected chi connectivity index (χ4v) is 7.39. The molecule has 0 unspecified atom stereocenters. The van der Waals surface area contributed by atoms with Crippen molar-refractivity contribution >= 4 is 50.7 Å². The van der Waals surface area contributed by atoms with Crippen LogP contribution in [-0.4, -0.2) is 35.5 Å². The van der Waals surface area contributed by atoms with E-state index in [0.29, 0.717) is 33.8 Å². The first kappa shape index (κ1) is 31.5. The van der Waals surface area contributed by atoms with E-state index in [1.165, 1.54) is 0 Å². The quantitative estimate of drug-likeness (QED) is 0.320. The topological polar surface area (TPSA) is 75.7 Å². The second kappa shape index (κ2) is 11.9. The molecule has 0 bridgehead atoms. The molecule has 2 aromatic rings. The number of amides is 1. The van der Waals surface area contributed by atoms with Crippen LogP contribution in [0.5, 0.6) is 5.75 Å². The van der Waals surface area contributed by atoms with Gasteiger partial charge in [-0.15, -0.1) is 0 Å². The molecule has 0 saturated carbocycles. The summed E-state index contributed by atoms with van der Waals surface area (Å²) in [5, 5.41) is 3.38. The normalized spacial score (nSPS) is 19.8. The molecule has 0 atom stereocenters. The van der Waals surface area contributed by atoms with Crippen LogP contribution in [-0.2, 0) is 14.4 Å². The average molecular weight is 668 g/mol. The number of hydrogen-bond acceptors (Lipinski definition) is 5. The van der Waals surface area contributed by atoms with Crippen LogP contribution in [0.2, 0.25) is 5.02 Å². The summed E-state index contributed by atoms with van der Waals surface area (Å²) < 4.78 is 6.52. The van der Waals surface area contributed by atoms with Gasteiger partial charge in [-0.3, -0.25) is 14.4 Å². The molecule has 0 spiro atoms. The smallest absolute Gasteiger partial charge is 0.262 e. The van der Waals surface area contributed by atoms with Crippen molar-refractivity contribution in [2.45, 2.75) is 79.6 Å². The Balaban J connectivity index is 1.48. The van der Waals surface area contributed by atoms with Gasteiger partial charge in [0.25, 0.3) is 5.91 Å². The zero-order valence-electron chi connectivity index (χ0n) is 25.8. The molecule has 1 amide bonds. The summed E-state index contributed by atoms with van der Waals surface area (Å²) in [7, 11) is 0. The molecule has 0 aromatic heterocycles. The zero-order chi connectivity index (χ0) is 31.3. The molecule has 43 heavy (non-hydrogen) atoms. The number of allylic oxidation sites excluding steroid dienone is 4. The van der Waals surface area contributed by atoms with E-state index in [0.717, 1.165) is 59.5 Å². The number of nitrogens with one attached hydrogen (secondary N) is 1. The molecule has 2 aliphatic carbocycles. The monoisotopic (exact) mass is 666 g/mol. The maximum Gasteiger partial charge on any atom is 0.262 e. The van der Waals surface area contributed by atoms with Crippen LogP contribution < -0.4 is 10.1 Å². The number of Topliss-reactive ketones (excluding diaryl/α,β-unsaturated/α-hetero) is 2. The minimum atomic E-state index is -0.426. The van der Waals surface area contributed by atoms with Crippen molar-refractivity contribution in [3.05, 3.63) is 79.6 Å². The van der Waals surface area contributed by atoms with Crippen molar-refractivity contribution < 1.29 is 19.1 Å². The number of rotatable bonds is 7. The van der Waals surface area contributed by atoms with Gasteiger partial charge in [-0.1, -0.05) is 58.4 Å². The molecule has 8 heteroatoms. The number of ether oxygens (including phenoxy) is 1. The lowest BCUT2D eigenvalue weighted by Gasteiger charge is -2.49. The maximum absolute atomic E-state index is 13.9. The van der Waals surface area contributed by atoms with Gasteiger partial charge in [0.2, 0.25) is 0 Å².